The van der Waals surface area contributed by atoms with Crippen molar-refractivity contribution < 1.29 is 0 Å². The van der Waals surface area contributed by atoms with Gasteiger partial charge in [0.2, 0.25) is 0 Å². The number of rotatable bonds is 1. The predicted molar refractivity (Wildman–Crippen MR) is 147 cm³/mol. The maximum absolute atomic E-state index is 2.45. The minimum atomic E-state index is -1.69. The van der Waals surface area contributed by atoms with E-state index in [2.05, 4.69) is 146 Å². The fourth-order valence-corrected chi connectivity index (χ4v) is 10.9. The molecule has 2 aliphatic heterocycles. The summed E-state index contributed by atoms with van der Waals surface area (Å²) in [6, 6.07) is 47.3. The first-order valence-electron chi connectivity index (χ1n) is 12.2. The van der Waals surface area contributed by atoms with Gasteiger partial charge in [-0.3, -0.25) is 0 Å². The van der Waals surface area contributed by atoms with Crippen molar-refractivity contribution in [2.24, 2.45) is 0 Å². The van der Waals surface area contributed by atoms with Gasteiger partial charge < -0.3 is 4.90 Å². The predicted octanol–water partition coefficient (Wildman–Crippen LogP) is 9.45. The molecule has 2 heteroatoms. The molecule has 0 bridgehead atoms. The van der Waals surface area contributed by atoms with Crippen LogP contribution in [0.5, 0.6) is 0 Å². The van der Waals surface area contributed by atoms with Gasteiger partial charge >= 0.3 is 0 Å². The van der Waals surface area contributed by atoms with E-state index in [4.69, 9.17) is 0 Å². The van der Waals surface area contributed by atoms with E-state index < -0.39 is 10.0 Å². The largest absolute Gasteiger partial charge is 0.308 e. The number of hydrogen-bond acceptors (Lipinski definition) is 1. The summed E-state index contributed by atoms with van der Waals surface area (Å²) >= 11 is 0. The minimum Gasteiger partial charge on any atom is -0.308 e. The molecule has 1 spiro atoms. The monoisotopic (exact) mass is 469 g/mol. The van der Waals surface area contributed by atoms with Crippen molar-refractivity contribution in [1.29, 1.82) is 0 Å². The summed E-state index contributed by atoms with van der Waals surface area (Å²) in [5.74, 6) is 0. The van der Waals surface area contributed by atoms with E-state index in [1.54, 1.807) is 0 Å². The van der Waals surface area contributed by atoms with Gasteiger partial charge in [0.15, 0.2) is 0 Å². The van der Waals surface area contributed by atoms with Crippen LogP contribution in [-0.2, 0) is 5.41 Å². The van der Waals surface area contributed by atoms with Gasteiger partial charge in [0, 0.05) is 30.7 Å². The molecule has 0 atom stereocenters. The van der Waals surface area contributed by atoms with Crippen LogP contribution in [0.15, 0.2) is 147 Å². The zero-order valence-electron chi connectivity index (χ0n) is 20.0. The lowest BCUT2D eigenvalue weighted by atomic mass is 9.78. The molecule has 5 aromatic rings. The Morgan fingerprint density at radius 2 is 0.857 bits per heavy atom. The second-order valence-corrected chi connectivity index (χ2v) is 12.8. The Kier molecular flexibility index (Phi) is 4.34. The third-order valence-corrected chi connectivity index (χ3v) is 11.7. The summed E-state index contributed by atoms with van der Waals surface area (Å²) < 4.78 is 0. The number of benzene rings is 5. The van der Waals surface area contributed by atoms with Gasteiger partial charge in [0.25, 0.3) is 0 Å². The van der Waals surface area contributed by atoms with Crippen molar-refractivity contribution in [2.45, 2.75) is 38.8 Å². The molecule has 0 saturated heterocycles. The SMILES string of the molecule is CC1(C)c2ccccc2S2(c3ccccc3N(c3ccccc3)c3ccccc32)c2ccccc21. The highest BCUT2D eigenvalue weighted by Gasteiger charge is 2.49. The van der Waals surface area contributed by atoms with Crippen molar-refractivity contribution in [3.63, 3.8) is 0 Å². The molecule has 1 nitrogen and oxygen atoms in total. The fraction of sp³-hybridized carbons (Fsp3) is 0.0909. The number of fused-ring (bicyclic) bond motifs is 8. The highest BCUT2D eigenvalue weighted by Crippen LogP contribution is 2.82. The summed E-state index contributed by atoms with van der Waals surface area (Å²) in [7, 11) is -1.69. The molecule has 2 aliphatic rings. The Morgan fingerprint density at radius 1 is 0.457 bits per heavy atom. The number of anilines is 3. The highest BCUT2D eigenvalue weighted by molar-refractivity contribution is 8.34. The average molecular weight is 470 g/mol. The summed E-state index contributed by atoms with van der Waals surface area (Å²) in [5.41, 5.74) is 6.55. The van der Waals surface area contributed by atoms with Crippen molar-refractivity contribution in [3.05, 3.63) is 139 Å². The standard InChI is InChI=1S/C33H27NS/c1-33(2)25-16-6-10-20-29(25)35(30-21-11-7-17-26(30)33)31-22-12-8-18-27(31)34(24-14-4-3-5-15-24)28-19-9-13-23-32(28)35/h3-23H,1-2H3. The van der Waals surface area contributed by atoms with Crippen LogP contribution in [0.25, 0.3) is 0 Å². The van der Waals surface area contributed by atoms with Crippen LogP contribution in [0.3, 0.4) is 0 Å². The first kappa shape index (κ1) is 20.6. The third kappa shape index (κ3) is 2.61. The van der Waals surface area contributed by atoms with Gasteiger partial charge in [-0.1, -0.05) is 92.7 Å². The van der Waals surface area contributed by atoms with E-state index in [1.807, 2.05) is 0 Å². The van der Waals surface area contributed by atoms with Crippen LogP contribution in [0.2, 0.25) is 0 Å². The third-order valence-electron chi connectivity index (χ3n) is 7.67. The molecule has 2 heterocycles. The van der Waals surface area contributed by atoms with E-state index in [-0.39, 0.29) is 5.41 Å². The molecule has 0 saturated carbocycles. The maximum Gasteiger partial charge on any atom is 0.0592 e. The Balaban J connectivity index is 1.69. The van der Waals surface area contributed by atoms with Gasteiger partial charge in [-0.2, -0.15) is 0 Å². The van der Waals surface area contributed by atoms with Crippen molar-refractivity contribution in [2.75, 3.05) is 4.90 Å². The molecule has 35 heavy (non-hydrogen) atoms. The summed E-state index contributed by atoms with van der Waals surface area (Å²) in [5, 5.41) is 0. The van der Waals surface area contributed by atoms with Gasteiger partial charge in [0.1, 0.15) is 0 Å². The summed E-state index contributed by atoms with van der Waals surface area (Å²) in [4.78, 5) is 8.22. The van der Waals surface area contributed by atoms with Crippen molar-refractivity contribution >= 4 is 27.1 Å². The van der Waals surface area contributed by atoms with E-state index in [1.165, 1.54) is 47.8 Å². The van der Waals surface area contributed by atoms with E-state index >= 15 is 0 Å². The number of hydrogen-bond donors (Lipinski definition) is 0. The lowest BCUT2D eigenvalue weighted by molar-refractivity contribution is 0.603. The van der Waals surface area contributed by atoms with Crippen LogP contribution in [0.1, 0.15) is 25.0 Å². The lowest BCUT2D eigenvalue weighted by Gasteiger charge is -2.55. The molecule has 0 aliphatic carbocycles. The molecule has 0 unspecified atom stereocenters. The normalized spacial score (nSPS) is 17.0. The quantitative estimate of drug-likeness (QED) is 0.232. The van der Waals surface area contributed by atoms with Crippen molar-refractivity contribution in [1.82, 2.24) is 0 Å². The molecule has 0 aromatic heterocycles. The topological polar surface area (TPSA) is 3.24 Å². The van der Waals surface area contributed by atoms with Crippen LogP contribution in [-0.4, -0.2) is 0 Å². The van der Waals surface area contributed by atoms with Crippen molar-refractivity contribution in [3.8, 4) is 0 Å². The van der Waals surface area contributed by atoms with Gasteiger partial charge in [-0.25, -0.2) is 0 Å². The fourth-order valence-electron chi connectivity index (χ4n) is 6.14. The van der Waals surface area contributed by atoms with Crippen LogP contribution < -0.4 is 4.90 Å². The van der Waals surface area contributed by atoms with Gasteiger partial charge in [0.05, 0.1) is 11.4 Å². The molecule has 5 aromatic carbocycles. The molecular formula is C33H27NS. The second-order valence-electron chi connectivity index (χ2n) is 9.84. The van der Waals surface area contributed by atoms with E-state index in [0.29, 0.717) is 0 Å². The molecule has 0 radical (unpaired) electrons. The summed E-state index contributed by atoms with van der Waals surface area (Å²) in [6.45, 7) is 4.77. The summed E-state index contributed by atoms with van der Waals surface area (Å²) in [6.07, 6.45) is 0. The Morgan fingerprint density at radius 3 is 1.37 bits per heavy atom. The molecular weight excluding hydrogens is 442 g/mol. The Hall–Kier alpha value is -3.75. The first-order chi connectivity index (χ1) is 17.1. The van der Waals surface area contributed by atoms with E-state index in [9.17, 15) is 0 Å². The molecule has 7 rings (SSSR count). The zero-order chi connectivity index (χ0) is 23.6. The average Bonchev–Trinajstić information content (AvgIpc) is 2.92. The molecule has 170 valence electrons. The van der Waals surface area contributed by atoms with Crippen LogP contribution >= 0.6 is 10.0 Å². The Bertz CT molecular complexity index is 1490. The van der Waals surface area contributed by atoms with Gasteiger partial charge in [-0.15, -0.1) is 10.0 Å². The molecule has 0 amide bonds. The first-order valence-corrected chi connectivity index (χ1v) is 13.8. The van der Waals surface area contributed by atoms with Crippen LogP contribution in [0.4, 0.5) is 17.1 Å². The van der Waals surface area contributed by atoms with Gasteiger partial charge in [-0.05, 0) is 59.7 Å². The lowest BCUT2D eigenvalue weighted by Crippen LogP contribution is -2.31. The number of para-hydroxylation sites is 3. The maximum atomic E-state index is 2.45. The Labute approximate surface area is 209 Å². The number of nitrogens with zero attached hydrogens (tertiary/aromatic N) is 1. The second kappa shape index (κ2) is 7.37. The zero-order valence-corrected chi connectivity index (χ0v) is 20.8. The molecule has 0 N–H and O–H groups in total. The minimum absolute atomic E-state index is 0.0636. The van der Waals surface area contributed by atoms with E-state index in [0.717, 1.165) is 0 Å². The highest BCUT2D eigenvalue weighted by atomic mass is 32.3. The molecule has 0 fully saturated rings. The van der Waals surface area contributed by atoms with Crippen LogP contribution in [0, 0.1) is 0 Å². The smallest absolute Gasteiger partial charge is 0.0592 e.